The summed E-state index contributed by atoms with van der Waals surface area (Å²) in [7, 11) is 0. The first-order valence-electron chi connectivity index (χ1n) is 10.6. The van der Waals surface area contributed by atoms with Gasteiger partial charge < -0.3 is 15.4 Å². The van der Waals surface area contributed by atoms with Gasteiger partial charge in [0.25, 0.3) is 0 Å². The molecule has 2 aromatic carbocycles. The van der Waals surface area contributed by atoms with Crippen LogP contribution in [0.2, 0.25) is 0 Å². The lowest BCUT2D eigenvalue weighted by Gasteiger charge is -2.39. The number of anilines is 3. The molecule has 0 aliphatic carbocycles. The molecule has 33 heavy (non-hydrogen) atoms. The number of ether oxygens (including phenoxy) is 1. The first kappa shape index (κ1) is 23.1. The summed E-state index contributed by atoms with van der Waals surface area (Å²) < 4.78 is 45.3. The van der Waals surface area contributed by atoms with Gasteiger partial charge in [-0.1, -0.05) is 61.6 Å². The summed E-state index contributed by atoms with van der Waals surface area (Å²) in [6.45, 7) is 5.87. The second-order valence-corrected chi connectivity index (χ2v) is 9.46. The number of fused-ring (bicyclic) bond motifs is 1. The second-order valence-electron chi connectivity index (χ2n) is 8.46. The highest BCUT2D eigenvalue weighted by Gasteiger charge is 2.40. The van der Waals surface area contributed by atoms with E-state index in [0.717, 1.165) is 17.7 Å². The van der Waals surface area contributed by atoms with E-state index in [1.807, 2.05) is 30.3 Å². The van der Waals surface area contributed by atoms with Gasteiger partial charge >= 0.3 is 12.1 Å². The Morgan fingerprint density at radius 2 is 1.91 bits per heavy atom. The van der Waals surface area contributed by atoms with Gasteiger partial charge in [0.1, 0.15) is 4.88 Å². The molecule has 1 unspecified atom stereocenters. The van der Waals surface area contributed by atoms with Gasteiger partial charge in [-0.25, -0.2) is 9.78 Å². The zero-order valence-corrected chi connectivity index (χ0v) is 19.2. The number of hydrogen-bond acceptors (Lipinski definition) is 6. The molecule has 0 fully saturated rings. The highest BCUT2D eigenvalue weighted by molar-refractivity contribution is 7.17. The van der Waals surface area contributed by atoms with Gasteiger partial charge in [-0.2, -0.15) is 13.2 Å². The van der Waals surface area contributed by atoms with E-state index in [0.29, 0.717) is 17.0 Å². The number of para-hydroxylation sites is 2. The Morgan fingerprint density at radius 3 is 2.64 bits per heavy atom. The third-order valence-corrected chi connectivity index (χ3v) is 6.59. The van der Waals surface area contributed by atoms with Crippen LogP contribution in [0, 0.1) is 0 Å². The molecular formula is C24H24F3N3O2S. The summed E-state index contributed by atoms with van der Waals surface area (Å²) in [4.78, 5) is 15.2. The minimum atomic E-state index is -4.77. The first-order chi connectivity index (χ1) is 15.6. The lowest BCUT2D eigenvalue weighted by molar-refractivity contribution is -0.141. The van der Waals surface area contributed by atoms with E-state index in [4.69, 9.17) is 4.74 Å². The van der Waals surface area contributed by atoms with E-state index < -0.39 is 22.7 Å². The van der Waals surface area contributed by atoms with Gasteiger partial charge in [0.05, 0.1) is 12.6 Å². The third-order valence-electron chi connectivity index (χ3n) is 5.63. The fraction of sp³-hybridized carbons (Fsp3) is 0.333. The van der Waals surface area contributed by atoms with E-state index in [1.165, 1.54) is 5.56 Å². The number of alkyl halides is 3. The molecule has 4 rings (SSSR count). The van der Waals surface area contributed by atoms with E-state index in [2.05, 4.69) is 35.5 Å². The van der Waals surface area contributed by atoms with Crippen LogP contribution in [0.1, 0.15) is 59.7 Å². The number of halogens is 3. The zero-order valence-electron chi connectivity index (χ0n) is 18.4. The Kier molecular flexibility index (Phi) is 6.09. The molecule has 0 amide bonds. The molecule has 1 aliphatic heterocycles. The van der Waals surface area contributed by atoms with Crippen molar-refractivity contribution in [3.05, 3.63) is 70.2 Å². The molecule has 0 bridgehead atoms. The van der Waals surface area contributed by atoms with Gasteiger partial charge in [0.15, 0.2) is 10.8 Å². The maximum Gasteiger partial charge on any atom is 0.435 e. The van der Waals surface area contributed by atoms with Crippen LogP contribution in [0.25, 0.3) is 0 Å². The van der Waals surface area contributed by atoms with Crippen molar-refractivity contribution in [3.63, 3.8) is 0 Å². The van der Waals surface area contributed by atoms with Gasteiger partial charge in [-0.3, -0.25) is 0 Å². The van der Waals surface area contributed by atoms with Crippen molar-refractivity contribution in [2.45, 2.75) is 44.8 Å². The monoisotopic (exact) mass is 475 g/mol. The number of nitrogens with one attached hydrogen (secondary N) is 2. The number of carbonyl (C=O) groups is 1. The molecule has 174 valence electrons. The highest BCUT2D eigenvalue weighted by atomic mass is 32.1. The van der Waals surface area contributed by atoms with Crippen LogP contribution in [0.4, 0.5) is 29.7 Å². The van der Waals surface area contributed by atoms with Gasteiger partial charge in [0, 0.05) is 11.4 Å². The predicted molar refractivity (Wildman–Crippen MR) is 123 cm³/mol. The number of aromatic nitrogens is 1. The van der Waals surface area contributed by atoms with Crippen LogP contribution in [-0.2, 0) is 16.3 Å². The Morgan fingerprint density at radius 1 is 1.21 bits per heavy atom. The normalized spacial score (nSPS) is 17.1. The average Bonchev–Trinajstić information content (AvgIpc) is 3.18. The van der Waals surface area contributed by atoms with Gasteiger partial charge in [0.2, 0.25) is 0 Å². The SMILES string of the molecule is CCOC(=O)c1sc(Nc2ccccc2C2CC(C)(C)c3ccccc3N2)nc1C(F)(F)F. The highest BCUT2D eigenvalue weighted by Crippen LogP contribution is 2.46. The molecule has 9 heteroatoms. The minimum Gasteiger partial charge on any atom is -0.462 e. The molecule has 3 aromatic rings. The summed E-state index contributed by atoms with van der Waals surface area (Å²) >= 11 is 0.636. The third kappa shape index (κ3) is 4.68. The predicted octanol–water partition coefficient (Wildman–Crippen LogP) is 6.92. The Balaban J connectivity index is 1.68. The van der Waals surface area contributed by atoms with Crippen molar-refractivity contribution in [1.29, 1.82) is 0 Å². The number of rotatable bonds is 5. The van der Waals surface area contributed by atoms with E-state index in [-0.39, 0.29) is 23.2 Å². The van der Waals surface area contributed by atoms with Crippen LogP contribution in [0.3, 0.4) is 0 Å². The molecular weight excluding hydrogens is 451 g/mol. The summed E-state index contributed by atoms with van der Waals surface area (Å²) in [6, 6.07) is 15.5. The van der Waals surface area contributed by atoms with Gasteiger partial charge in [-0.05, 0) is 42.0 Å². The molecule has 0 spiro atoms. The number of esters is 1. The maximum atomic E-state index is 13.5. The molecule has 0 saturated carbocycles. The largest absolute Gasteiger partial charge is 0.462 e. The van der Waals surface area contributed by atoms with Crippen LogP contribution in [0.15, 0.2) is 48.5 Å². The number of thiazole rings is 1. The number of nitrogens with zero attached hydrogens (tertiary/aromatic N) is 1. The summed E-state index contributed by atoms with van der Waals surface area (Å²) in [6.07, 6.45) is -3.97. The van der Waals surface area contributed by atoms with E-state index >= 15 is 0 Å². The van der Waals surface area contributed by atoms with E-state index in [9.17, 15) is 18.0 Å². The quantitative estimate of drug-likeness (QED) is 0.392. The number of benzene rings is 2. The molecule has 0 saturated heterocycles. The molecule has 1 aliphatic rings. The molecule has 5 nitrogen and oxygen atoms in total. The van der Waals surface area contributed by atoms with Crippen molar-refractivity contribution < 1.29 is 22.7 Å². The summed E-state index contributed by atoms with van der Waals surface area (Å²) in [5.41, 5.74) is 2.45. The number of hydrogen-bond donors (Lipinski definition) is 2. The van der Waals surface area contributed by atoms with Gasteiger partial charge in [-0.15, -0.1) is 0 Å². The summed E-state index contributed by atoms with van der Waals surface area (Å²) in [5.74, 6) is -1.03. The lowest BCUT2D eigenvalue weighted by atomic mass is 9.74. The topological polar surface area (TPSA) is 63.2 Å². The maximum absolute atomic E-state index is 13.5. The fourth-order valence-electron chi connectivity index (χ4n) is 4.18. The smallest absolute Gasteiger partial charge is 0.435 e. The van der Waals surface area contributed by atoms with Crippen molar-refractivity contribution >= 4 is 33.8 Å². The zero-order chi connectivity index (χ0) is 23.8. The fourth-order valence-corrected chi connectivity index (χ4v) is 5.07. The van der Waals surface area contributed by atoms with E-state index in [1.54, 1.807) is 19.1 Å². The van der Waals surface area contributed by atoms with Crippen molar-refractivity contribution in [1.82, 2.24) is 4.98 Å². The molecule has 2 heterocycles. The van der Waals surface area contributed by atoms with Crippen LogP contribution >= 0.6 is 11.3 Å². The second kappa shape index (κ2) is 8.70. The molecule has 1 aromatic heterocycles. The van der Waals surface area contributed by atoms with Crippen molar-refractivity contribution in [3.8, 4) is 0 Å². The lowest BCUT2D eigenvalue weighted by Crippen LogP contribution is -2.31. The number of carbonyl (C=O) groups excluding carboxylic acids is 1. The minimum absolute atomic E-state index is 0.0201. The van der Waals surface area contributed by atoms with Crippen molar-refractivity contribution in [2.24, 2.45) is 0 Å². The van der Waals surface area contributed by atoms with Crippen LogP contribution in [0.5, 0.6) is 0 Å². The Labute approximate surface area is 194 Å². The van der Waals surface area contributed by atoms with Crippen LogP contribution in [-0.4, -0.2) is 17.6 Å². The first-order valence-corrected chi connectivity index (χ1v) is 11.4. The van der Waals surface area contributed by atoms with Crippen molar-refractivity contribution in [2.75, 3.05) is 17.2 Å². The van der Waals surface area contributed by atoms with Crippen LogP contribution < -0.4 is 10.6 Å². The molecule has 0 radical (unpaired) electrons. The molecule has 1 atom stereocenters. The molecule has 2 N–H and O–H groups in total. The Bertz CT molecular complexity index is 1170. The Hall–Kier alpha value is -3.07. The standard InChI is InChI=1S/C24H24F3N3O2S/c1-4-32-21(31)19-20(24(25,26)27)30-22(33-19)29-16-11-7-5-9-14(16)18-13-23(2,3)15-10-6-8-12-17(15)28-18/h5-12,18,28H,4,13H2,1-3H3,(H,29,30). The summed E-state index contributed by atoms with van der Waals surface area (Å²) in [5, 5.41) is 6.55. The average molecular weight is 476 g/mol.